The number of carbonyl (C=O) groups is 2. The van der Waals surface area contributed by atoms with Crippen LogP contribution >= 0.6 is 0 Å². The number of likely N-dealkylation sites (N-methyl/N-ethyl adjacent to an activating group) is 1. The highest BCUT2D eigenvalue weighted by molar-refractivity contribution is 5.80. The minimum atomic E-state index is -0.584. The number of nitrogens with zero attached hydrogens (tertiary/aromatic N) is 1. The molecule has 1 aliphatic heterocycles. The van der Waals surface area contributed by atoms with E-state index in [1.54, 1.807) is 6.92 Å². The maximum atomic E-state index is 12.2. The van der Waals surface area contributed by atoms with E-state index < -0.39 is 18.3 Å². The van der Waals surface area contributed by atoms with Gasteiger partial charge in [0.25, 0.3) is 0 Å². The summed E-state index contributed by atoms with van der Waals surface area (Å²) in [5.41, 5.74) is 6.97. The lowest BCUT2D eigenvalue weighted by Gasteiger charge is -2.39. The summed E-state index contributed by atoms with van der Waals surface area (Å²) in [4.78, 5) is 26.0. The Labute approximate surface area is 282 Å². The van der Waals surface area contributed by atoms with Crippen LogP contribution in [0.2, 0.25) is 0 Å². The number of esters is 1. The maximum Gasteiger partial charge on any atom is 0.325 e. The van der Waals surface area contributed by atoms with Gasteiger partial charge in [-0.2, -0.15) is 0 Å². The number of aliphatic hydroxyl groups is 1. The fourth-order valence-electron chi connectivity index (χ4n) is 5.83. The molecule has 0 spiro atoms. The zero-order chi connectivity index (χ0) is 33.9. The van der Waals surface area contributed by atoms with Crippen molar-refractivity contribution in [3.63, 3.8) is 0 Å². The van der Waals surface area contributed by atoms with Crippen LogP contribution in [0.3, 0.4) is 0 Å². The molecule has 0 radical (unpaired) electrons. The topological polar surface area (TPSA) is 109 Å². The molecule has 1 aliphatic rings. The van der Waals surface area contributed by atoms with Crippen molar-refractivity contribution in [2.24, 2.45) is 0 Å². The van der Waals surface area contributed by atoms with Crippen LogP contribution < -0.4 is 10.6 Å². The van der Waals surface area contributed by atoms with Crippen molar-refractivity contribution in [2.45, 2.75) is 58.0 Å². The van der Waals surface area contributed by atoms with Crippen LogP contribution in [0.5, 0.6) is 0 Å². The Morgan fingerprint density at radius 1 is 0.875 bits per heavy atom. The predicted octanol–water partition coefficient (Wildman–Crippen LogP) is 6.45. The molecule has 9 nitrogen and oxygen atoms in total. The Morgan fingerprint density at radius 2 is 1.60 bits per heavy atom. The van der Waals surface area contributed by atoms with E-state index in [-0.39, 0.29) is 38.0 Å². The molecule has 4 atom stereocenters. The molecule has 1 saturated heterocycles. The van der Waals surface area contributed by atoms with Crippen LogP contribution in [-0.2, 0) is 32.2 Å². The molecule has 252 valence electrons. The Morgan fingerprint density at radius 3 is 2.33 bits per heavy atom. The van der Waals surface area contributed by atoms with Crippen LogP contribution in [0.1, 0.15) is 66.5 Å². The molecule has 2 amide bonds. The Balaban J connectivity index is 1.31. The van der Waals surface area contributed by atoms with Gasteiger partial charge in [0.2, 0.25) is 0 Å². The average Bonchev–Trinajstić information content (AvgIpc) is 3.13. The van der Waals surface area contributed by atoms with Gasteiger partial charge < -0.3 is 30.0 Å². The van der Waals surface area contributed by atoms with Crippen molar-refractivity contribution in [3.8, 4) is 11.1 Å². The monoisotopic (exact) mass is 651 g/mol. The van der Waals surface area contributed by atoms with Gasteiger partial charge in [-0.05, 0) is 66.4 Å². The lowest BCUT2D eigenvalue weighted by Crippen LogP contribution is -2.38. The fraction of sp³-hybridized carbons (Fsp3) is 0.333. The van der Waals surface area contributed by atoms with Crippen LogP contribution in [0.15, 0.2) is 103 Å². The van der Waals surface area contributed by atoms with E-state index in [0.717, 1.165) is 39.9 Å². The van der Waals surface area contributed by atoms with Gasteiger partial charge in [0.15, 0.2) is 6.29 Å². The Kier molecular flexibility index (Phi) is 12.3. The van der Waals surface area contributed by atoms with Crippen LogP contribution in [0.25, 0.3) is 11.1 Å². The summed E-state index contributed by atoms with van der Waals surface area (Å²) in [5.74, 6) is -0.480. The minimum Gasteiger partial charge on any atom is -0.465 e. The molecule has 0 saturated carbocycles. The second kappa shape index (κ2) is 17.0. The fourth-order valence-corrected chi connectivity index (χ4v) is 5.83. The number of rotatable bonds is 13. The summed E-state index contributed by atoms with van der Waals surface area (Å²) in [7, 11) is 2.13. The molecular weight excluding hydrogens is 606 g/mol. The van der Waals surface area contributed by atoms with Crippen LogP contribution in [-0.4, -0.2) is 54.9 Å². The first-order chi connectivity index (χ1) is 23.3. The number of aliphatic hydroxyl groups excluding tert-OH is 1. The molecule has 4 aromatic rings. The number of ether oxygens (including phenoxy) is 3. The van der Waals surface area contributed by atoms with E-state index in [4.69, 9.17) is 14.2 Å². The predicted molar refractivity (Wildman–Crippen MR) is 185 cm³/mol. The molecular formula is C39H45N3O6. The van der Waals surface area contributed by atoms with E-state index in [2.05, 4.69) is 59.8 Å². The molecule has 5 rings (SSSR count). The second-order valence-corrected chi connectivity index (χ2v) is 12.0. The van der Waals surface area contributed by atoms with Gasteiger partial charge in [-0.15, -0.1) is 0 Å². The molecule has 48 heavy (non-hydrogen) atoms. The van der Waals surface area contributed by atoms with Crippen molar-refractivity contribution in [1.29, 1.82) is 0 Å². The van der Waals surface area contributed by atoms with Gasteiger partial charge in [0.1, 0.15) is 6.54 Å². The van der Waals surface area contributed by atoms with Gasteiger partial charge >= 0.3 is 12.0 Å². The first-order valence-electron chi connectivity index (χ1n) is 16.4. The molecule has 1 heterocycles. The summed E-state index contributed by atoms with van der Waals surface area (Å²) >= 11 is 0. The maximum absolute atomic E-state index is 12.2. The molecule has 9 heteroatoms. The third kappa shape index (κ3) is 9.51. The van der Waals surface area contributed by atoms with Crippen molar-refractivity contribution in [2.75, 3.05) is 26.7 Å². The smallest absolute Gasteiger partial charge is 0.325 e. The molecule has 0 aromatic heterocycles. The van der Waals surface area contributed by atoms with E-state index in [1.165, 1.54) is 5.56 Å². The van der Waals surface area contributed by atoms with E-state index in [0.29, 0.717) is 13.0 Å². The lowest BCUT2D eigenvalue weighted by molar-refractivity contribution is -0.253. The molecule has 1 fully saturated rings. The van der Waals surface area contributed by atoms with E-state index in [1.807, 2.05) is 72.8 Å². The first-order valence-corrected chi connectivity index (χ1v) is 16.4. The number of nitrogens with one attached hydrogen (secondary N) is 2. The summed E-state index contributed by atoms with van der Waals surface area (Å²) in [6.45, 7) is 5.02. The van der Waals surface area contributed by atoms with Crippen LogP contribution in [0, 0.1) is 0 Å². The standard InChI is InChI=1S/C39H45N3O6/c1-4-46-37(44)24-41-39(45)40-23-29-10-8-13-32(20-29)33-14-9-15-34(21-33)38-47-35(25-42(3)27(2)30-11-6-5-7-12-30)22-36(48-38)31-18-16-28(26-43)17-19-31/h5-21,27,35-36,38,43H,4,22-26H2,1-3H3,(H2,40,41,45). The molecule has 4 unspecified atom stereocenters. The summed E-state index contributed by atoms with van der Waals surface area (Å²) < 4.78 is 18.2. The number of amides is 2. The third-order valence-corrected chi connectivity index (χ3v) is 8.62. The van der Waals surface area contributed by atoms with Crippen LogP contribution in [0.4, 0.5) is 4.79 Å². The number of benzene rings is 4. The van der Waals surface area contributed by atoms with E-state index >= 15 is 0 Å². The quantitative estimate of drug-likeness (QED) is 0.143. The van der Waals surface area contributed by atoms with Crippen molar-refractivity contribution in [1.82, 2.24) is 15.5 Å². The van der Waals surface area contributed by atoms with Gasteiger partial charge in [-0.25, -0.2) is 4.79 Å². The highest BCUT2D eigenvalue weighted by Crippen LogP contribution is 2.39. The zero-order valence-corrected chi connectivity index (χ0v) is 27.8. The number of urea groups is 1. The summed E-state index contributed by atoms with van der Waals surface area (Å²) in [6, 6.07) is 34.3. The Bertz CT molecular complexity index is 1630. The zero-order valence-electron chi connectivity index (χ0n) is 27.8. The minimum absolute atomic E-state index is 0.00489. The lowest BCUT2D eigenvalue weighted by atomic mass is 9.98. The number of carbonyl (C=O) groups excluding carboxylic acids is 2. The van der Waals surface area contributed by atoms with Gasteiger partial charge in [0.05, 0.1) is 25.4 Å². The molecule has 0 aliphatic carbocycles. The highest BCUT2D eigenvalue weighted by Gasteiger charge is 2.33. The largest absolute Gasteiger partial charge is 0.465 e. The summed E-state index contributed by atoms with van der Waals surface area (Å²) in [6.07, 6.45) is -0.159. The second-order valence-electron chi connectivity index (χ2n) is 12.0. The molecule has 0 bridgehead atoms. The van der Waals surface area contributed by atoms with Gasteiger partial charge in [0, 0.05) is 31.1 Å². The van der Waals surface area contributed by atoms with Crippen molar-refractivity contribution >= 4 is 12.0 Å². The summed E-state index contributed by atoms with van der Waals surface area (Å²) in [5, 5.41) is 14.9. The van der Waals surface area contributed by atoms with Crippen molar-refractivity contribution < 1.29 is 28.9 Å². The first kappa shape index (κ1) is 34.8. The van der Waals surface area contributed by atoms with Gasteiger partial charge in [-0.1, -0.05) is 91.0 Å². The Hall–Kier alpha value is -4.54. The number of hydrogen-bond donors (Lipinski definition) is 3. The van der Waals surface area contributed by atoms with E-state index in [9.17, 15) is 14.7 Å². The SMILES string of the molecule is CCOC(=O)CNC(=O)NCc1cccc(-c2cccc(C3OC(CN(C)C(C)c4ccccc4)CC(c4ccc(CO)cc4)O3)c2)c1. The number of hydrogen-bond acceptors (Lipinski definition) is 7. The average molecular weight is 652 g/mol. The van der Waals surface area contributed by atoms with Gasteiger partial charge in [-0.3, -0.25) is 9.69 Å². The molecule has 3 N–H and O–H groups in total. The highest BCUT2D eigenvalue weighted by atomic mass is 16.7. The normalized spacial score (nSPS) is 18.2. The third-order valence-electron chi connectivity index (χ3n) is 8.62. The molecule has 4 aromatic carbocycles. The van der Waals surface area contributed by atoms with Crippen molar-refractivity contribution in [3.05, 3.63) is 131 Å².